The largest absolute Gasteiger partial charge is 0.495 e. The van der Waals surface area contributed by atoms with E-state index in [-0.39, 0.29) is 11.2 Å². The molecule has 0 aliphatic carbocycles. The molecule has 0 amide bonds. The number of rotatable bonds is 6. The maximum atomic E-state index is 13.1. The van der Waals surface area contributed by atoms with E-state index in [1.165, 1.54) is 4.57 Å². The second-order valence-electron chi connectivity index (χ2n) is 8.67. The normalized spacial score (nSPS) is 14.6. The van der Waals surface area contributed by atoms with Crippen LogP contribution in [0.3, 0.4) is 0 Å². The molecule has 1 saturated heterocycles. The molecule has 2 aromatic heterocycles. The number of aromatic amines is 2. The van der Waals surface area contributed by atoms with Crippen LogP contribution >= 0.6 is 0 Å². The van der Waals surface area contributed by atoms with Gasteiger partial charge in [0.1, 0.15) is 11.4 Å². The number of para-hydroxylation sites is 2. The molecule has 0 radical (unpaired) electrons. The number of anilines is 1. The van der Waals surface area contributed by atoms with Gasteiger partial charge in [0.2, 0.25) is 0 Å². The molecule has 0 saturated carbocycles. The molecule has 0 spiro atoms. The predicted molar refractivity (Wildman–Crippen MR) is 135 cm³/mol. The maximum absolute atomic E-state index is 13.1. The number of fused-ring (bicyclic) bond motifs is 1. The third-order valence-electron chi connectivity index (χ3n) is 6.64. The van der Waals surface area contributed by atoms with Crippen molar-refractivity contribution >= 4 is 16.7 Å². The first-order chi connectivity index (χ1) is 16.5. The molecule has 1 fully saturated rings. The van der Waals surface area contributed by atoms with E-state index in [0.29, 0.717) is 24.1 Å². The molecule has 8 heteroatoms. The lowest BCUT2D eigenvalue weighted by Crippen LogP contribution is -2.48. The minimum Gasteiger partial charge on any atom is -0.495 e. The van der Waals surface area contributed by atoms with Crippen molar-refractivity contribution in [3.8, 4) is 17.0 Å². The van der Waals surface area contributed by atoms with Crippen LogP contribution in [0.4, 0.5) is 5.69 Å². The molecule has 5 rings (SSSR count). The van der Waals surface area contributed by atoms with Gasteiger partial charge in [-0.1, -0.05) is 36.4 Å². The highest BCUT2D eigenvalue weighted by molar-refractivity contribution is 5.82. The topological polar surface area (TPSA) is 86.4 Å². The third-order valence-corrected chi connectivity index (χ3v) is 6.64. The number of methoxy groups -OCH3 is 1. The second-order valence-corrected chi connectivity index (χ2v) is 8.67. The number of nitrogens with zero attached hydrogens (tertiary/aromatic N) is 3. The van der Waals surface area contributed by atoms with Gasteiger partial charge in [0.25, 0.3) is 5.56 Å². The van der Waals surface area contributed by atoms with E-state index in [0.717, 1.165) is 54.4 Å². The Morgan fingerprint density at radius 1 is 0.912 bits per heavy atom. The molecule has 0 atom stereocenters. The first-order valence-electron chi connectivity index (χ1n) is 11.6. The molecule has 4 aromatic rings. The number of piperazine rings is 1. The Morgan fingerprint density at radius 3 is 2.41 bits per heavy atom. The van der Waals surface area contributed by atoms with Crippen molar-refractivity contribution in [3.05, 3.63) is 81.0 Å². The van der Waals surface area contributed by atoms with Crippen molar-refractivity contribution < 1.29 is 4.74 Å². The van der Waals surface area contributed by atoms with Gasteiger partial charge in [0, 0.05) is 50.5 Å². The molecule has 2 N–H and O–H groups in total. The van der Waals surface area contributed by atoms with Crippen LogP contribution in [0.15, 0.2) is 64.2 Å². The van der Waals surface area contributed by atoms with E-state index in [9.17, 15) is 9.59 Å². The zero-order valence-electron chi connectivity index (χ0n) is 19.5. The number of ether oxygens (including phenoxy) is 1. The summed E-state index contributed by atoms with van der Waals surface area (Å²) >= 11 is 0. The first kappa shape index (κ1) is 22.0. The van der Waals surface area contributed by atoms with Crippen molar-refractivity contribution in [1.29, 1.82) is 0 Å². The average Bonchev–Trinajstić information content (AvgIpc) is 3.28. The van der Waals surface area contributed by atoms with E-state index in [1.807, 2.05) is 55.5 Å². The zero-order chi connectivity index (χ0) is 23.7. The van der Waals surface area contributed by atoms with Gasteiger partial charge in [-0.15, -0.1) is 0 Å². The van der Waals surface area contributed by atoms with Crippen molar-refractivity contribution in [2.45, 2.75) is 13.5 Å². The van der Waals surface area contributed by atoms with E-state index in [1.54, 1.807) is 7.11 Å². The molecule has 34 heavy (non-hydrogen) atoms. The Bertz CT molecular complexity index is 1430. The summed E-state index contributed by atoms with van der Waals surface area (Å²) in [6.07, 6.45) is 0. The smallest absolute Gasteiger partial charge is 0.329 e. The monoisotopic (exact) mass is 459 g/mol. The summed E-state index contributed by atoms with van der Waals surface area (Å²) in [4.78, 5) is 36.5. The summed E-state index contributed by atoms with van der Waals surface area (Å²) < 4.78 is 6.80. The van der Waals surface area contributed by atoms with Gasteiger partial charge in [0.05, 0.1) is 18.2 Å². The van der Waals surface area contributed by atoms with Gasteiger partial charge in [-0.3, -0.25) is 19.2 Å². The highest BCUT2D eigenvalue weighted by Crippen LogP contribution is 2.28. The number of nitrogens with one attached hydrogen (secondary N) is 2. The SMILES string of the molecule is COc1ccccc1N1CCN(CCn2c(=O)[nH]c3[nH]c(-c4ccccc4C)cc3c2=O)CC1. The van der Waals surface area contributed by atoms with Gasteiger partial charge < -0.3 is 14.6 Å². The van der Waals surface area contributed by atoms with Crippen molar-refractivity contribution in [1.82, 2.24) is 19.4 Å². The summed E-state index contributed by atoms with van der Waals surface area (Å²) in [6.45, 7) is 6.45. The molecule has 176 valence electrons. The Kier molecular flexibility index (Phi) is 5.98. The van der Waals surface area contributed by atoms with Crippen LogP contribution in [0.1, 0.15) is 5.56 Å². The maximum Gasteiger partial charge on any atom is 0.329 e. The van der Waals surface area contributed by atoms with E-state index in [4.69, 9.17) is 4.74 Å². The lowest BCUT2D eigenvalue weighted by Gasteiger charge is -2.36. The summed E-state index contributed by atoms with van der Waals surface area (Å²) in [5.41, 5.74) is 3.86. The fourth-order valence-corrected chi connectivity index (χ4v) is 4.70. The second kappa shape index (κ2) is 9.23. The van der Waals surface area contributed by atoms with Crippen molar-refractivity contribution in [2.24, 2.45) is 0 Å². The Morgan fingerprint density at radius 2 is 1.65 bits per heavy atom. The number of hydrogen-bond donors (Lipinski definition) is 2. The van der Waals surface area contributed by atoms with Crippen molar-refractivity contribution in [3.63, 3.8) is 0 Å². The van der Waals surface area contributed by atoms with E-state index in [2.05, 4.69) is 25.8 Å². The Balaban J connectivity index is 1.30. The van der Waals surface area contributed by atoms with Crippen LogP contribution < -0.4 is 20.9 Å². The van der Waals surface area contributed by atoms with Gasteiger partial charge in [0.15, 0.2) is 0 Å². The van der Waals surface area contributed by atoms with Crippen LogP contribution in [0.25, 0.3) is 22.3 Å². The molecule has 3 heterocycles. The molecule has 8 nitrogen and oxygen atoms in total. The van der Waals surface area contributed by atoms with Gasteiger partial charge in [-0.25, -0.2) is 4.79 Å². The molecule has 0 unspecified atom stereocenters. The first-order valence-corrected chi connectivity index (χ1v) is 11.6. The lowest BCUT2D eigenvalue weighted by atomic mass is 10.1. The fraction of sp³-hybridized carbons (Fsp3) is 0.308. The minimum atomic E-state index is -0.386. The number of benzene rings is 2. The van der Waals surface area contributed by atoms with Crippen LogP contribution in [-0.4, -0.2) is 59.3 Å². The fourth-order valence-electron chi connectivity index (χ4n) is 4.70. The van der Waals surface area contributed by atoms with E-state index >= 15 is 0 Å². The van der Waals surface area contributed by atoms with E-state index < -0.39 is 0 Å². The lowest BCUT2D eigenvalue weighted by molar-refractivity contribution is 0.245. The minimum absolute atomic E-state index is 0.262. The summed E-state index contributed by atoms with van der Waals surface area (Å²) in [7, 11) is 1.69. The molecular weight excluding hydrogens is 430 g/mol. The van der Waals surface area contributed by atoms with Gasteiger partial charge in [-0.05, 0) is 30.7 Å². The molecule has 1 aliphatic heterocycles. The predicted octanol–water partition coefficient (Wildman–Crippen LogP) is 2.82. The molecule has 1 aliphatic rings. The highest BCUT2D eigenvalue weighted by Gasteiger charge is 2.20. The average molecular weight is 460 g/mol. The summed E-state index contributed by atoms with van der Waals surface area (Å²) in [5, 5.41) is 0.499. The van der Waals surface area contributed by atoms with Crippen LogP contribution in [0.5, 0.6) is 5.75 Å². The number of H-pyrrole nitrogens is 2. The van der Waals surface area contributed by atoms with Crippen LogP contribution in [-0.2, 0) is 6.54 Å². The Labute approximate surface area is 197 Å². The quantitative estimate of drug-likeness (QED) is 0.463. The third kappa shape index (κ3) is 4.12. The molecule has 2 aromatic carbocycles. The highest BCUT2D eigenvalue weighted by atomic mass is 16.5. The van der Waals surface area contributed by atoms with Crippen LogP contribution in [0.2, 0.25) is 0 Å². The number of aromatic nitrogens is 3. The zero-order valence-corrected chi connectivity index (χ0v) is 19.5. The number of hydrogen-bond acceptors (Lipinski definition) is 5. The standard InChI is InChI=1S/C26H29N5O3/c1-18-7-3-4-8-19(18)21-17-20-24(27-21)28-26(33)31(25(20)32)16-13-29-11-14-30(15-12-29)22-9-5-6-10-23(22)34-2/h3-10,17,27H,11-16H2,1-2H3,(H,28,33). The number of aryl methyl sites for hydroxylation is 1. The summed E-state index contributed by atoms with van der Waals surface area (Å²) in [6, 6.07) is 17.8. The van der Waals surface area contributed by atoms with Gasteiger partial charge in [-0.2, -0.15) is 0 Å². The van der Waals surface area contributed by atoms with Gasteiger partial charge >= 0.3 is 5.69 Å². The molecular formula is C26H29N5O3. The van der Waals surface area contributed by atoms with Crippen LogP contribution in [0, 0.1) is 6.92 Å². The van der Waals surface area contributed by atoms with Crippen molar-refractivity contribution in [2.75, 3.05) is 44.7 Å². The summed E-state index contributed by atoms with van der Waals surface area (Å²) in [5.74, 6) is 0.874. The molecule has 0 bridgehead atoms. The Hall–Kier alpha value is -3.78.